The molecule has 2 heterocycles. The number of ether oxygens (including phenoxy) is 1. The van der Waals surface area contributed by atoms with E-state index in [1.54, 1.807) is 11.0 Å². The summed E-state index contributed by atoms with van der Waals surface area (Å²) >= 11 is 0. The Labute approximate surface area is 118 Å². The number of aromatic nitrogens is 2. The number of likely N-dealkylation sites (tertiary alicyclic amines) is 1. The summed E-state index contributed by atoms with van der Waals surface area (Å²) in [5.41, 5.74) is -0.109. The van der Waals surface area contributed by atoms with Crippen LogP contribution in [0.5, 0.6) is 0 Å². The molecule has 20 heavy (non-hydrogen) atoms. The quantitative estimate of drug-likeness (QED) is 0.764. The van der Waals surface area contributed by atoms with Crippen LogP contribution in [0.2, 0.25) is 0 Å². The zero-order valence-electron chi connectivity index (χ0n) is 12.0. The maximum absolute atomic E-state index is 12.4. The maximum Gasteiger partial charge on any atom is 0.329 e. The molecule has 1 aromatic heterocycles. The Morgan fingerprint density at radius 2 is 2.10 bits per heavy atom. The Morgan fingerprint density at radius 1 is 1.35 bits per heavy atom. The highest BCUT2D eigenvalue weighted by atomic mass is 16.6. The van der Waals surface area contributed by atoms with E-state index in [1.807, 2.05) is 20.8 Å². The molecule has 1 amide bonds. The molecule has 0 aliphatic carbocycles. The van der Waals surface area contributed by atoms with E-state index in [9.17, 15) is 9.59 Å². The fourth-order valence-electron chi connectivity index (χ4n) is 2.21. The van der Waals surface area contributed by atoms with Gasteiger partial charge in [0.05, 0.1) is 18.0 Å². The Kier molecular flexibility index (Phi) is 4.01. The Hall–Kier alpha value is -1.98. The molecule has 0 N–H and O–H groups in total. The fourth-order valence-corrected chi connectivity index (χ4v) is 2.21. The molecular weight excluding hydrogens is 258 g/mol. The van der Waals surface area contributed by atoms with Gasteiger partial charge >= 0.3 is 5.97 Å². The molecule has 0 saturated carbocycles. The van der Waals surface area contributed by atoms with Crippen LogP contribution in [0.3, 0.4) is 0 Å². The molecule has 108 valence electrons. The predicted molar refractivity (Wildman–Crippen MR) is 71.9 cm³/mol. The fraction of sp³-hybridized carbons (Fsp3) is 0.571. The minimum Gasteiger partial charge on any atom is -0.458 e. The Bertz CT molecular complexity index is 496. The van der Waals surface area contributed by atoms with E-state index in [4.69, 9.17) is 4.74 Å². The van der Waals surface area contributed by atoms with Gasteiger partial charge in [-0.3, -0.25) is 4.79 Å². The number of nitrogens with zero attached hydrogens (tertiary/aromatic N) is 3. The van der Waals surface area contributed by atoms with Crippen molar-refractivity contribution >= 4 is 11.9 Å². The van der Waals surface area contributed by atoms with Gasteiger partial charge in [0.25, 0.3) is 5.91 Å². The van der Waals surface area contributed by atoms with Crippen LogP contribution in [-0.4, -0.2) is 45.2 Å². The van der Waals surface area contributed by atoms with Crippen molar-refractivity contribution in [3.8, 4) is 0 Å². The Morgan fingerprint density at radius 3 is 2.70 bits per heavy atom. The highest BCUT2D eigenvalue weighted by Gasteiger charge is 2.37. The van der Waals surface area contributed by atoms with Crippen LogP contribution >= 0.6 is 0 Å². The van der Waals surface area contributed by atoms with Crippen molar-refractivity contribution in [3.05, 3.63) is 24.0 Å². The van der Waals surface area contributed by atoms with Crippen molar-refractivity contribution in [2.24, 2.45) is 0 Å². The van der Waals surface area contributed by atoms with Crippen LogP contribution in [0.25, 0.3) is 0 Å². The summed E-state index contributed by atoms with van der Waals surface area (Å²) in [6, 6.07) is 1.09. The van der Waals surface area contributed by atoms with Crippen molar-refractivity contribution in [2.45, 2.75) is 45.3 Å². The second kappa shape index (κ2) is 5.56. The molecular formula is C14H19N3O3. The first kappa shape index (κ1) is 14.4. The van der Waals surface area contributed by atoms with E-state index in [0.29, 0.717) is 18.5 Å². The normalized spacial score (nSPS) is 18.9. The van der Waals surface area contributed by atoms with E-state index < -0.39 is 11.6 Å². The minimum atomic E-state index is -0.549. The van der Waals surface area contributed by atoms with Crippen molar-refractivity contribution in [3.63, 3.8) is 0 Å². The molecule has 0 radical (unpaired) electrons. The number of esters is 1. The van der Waals surface area contributed by atoms with E-state index in [1.165, 1.54) is 12.4 Å². The van der Waals surface area contributed by atoms with Gasteiger partial charge in [-0.25, -0.2) is 4.79 Å². The molecule has 1 atom stereocenters. The lowest BCUT2D eigenvalue weighted by Crippen LogP contribution is -2.43. The summed E-state index contributed by atoms with van der Waals surface area (Å²) in [6.07, 6.45) is 4.31. The average Bonchev–Trinajstić information content (AvgIpc) is 2.86. The van der Waals surface area contributed by atoms with Crippen molar-refractivity contribution < 1.29 is 14.3 Å². The summed E-state index contributed by atoms with van der Waals surface area (Å²) in [6.45, 7) is 6.02. The summed E-state index contributed by atoms with van der Waals surface area (Å²) in [5.74, 6) is -0.543. The maximum atomic E-state index is 12.4. The number of hydrogen-bond donors (Lipinski definition) is 0. The molecule has 6 nitrogen and oxygen atoms in total. The van der Waals surface area contributed by atoms with Gasteiger partial charge < -0.3 is 9.64 Å². The molecule has 0 spiro atoms. The summed E-state index contributed by atoms with van der Waals surface area (Å²) in [4.78, 5) is 26.1. The first-order chi connectivity index (χ1) is 9.38. The number of carbonyl (C=O) groups is 2. The third kappa shape index (κ3) is 3.31. The number of amides is 1. The lowest BCUT2D eigenvalue weighted by atomic mass is 10.1. The lowest BCUT2D eigenvalue weighted by Gasteiger charge is -2.27. The van der Waals surface area contributed by atoms with E-state index >= 15 is 0 Å². The monoisotopic (exact) mass is 277 g/mol. The number of carbonyl (C=O) groups excluding carboxylic acids is 2. The molecule has 0 aromatic carbocycles. The predicted octanol–water partition coefficient (Wildman–Crippen LogP) is 1.42. The molecule has 1 aromatic rings. The number of rotatable bonds is 2. The van der Waals surface area contributed by atoms with E-state index in [-0.39, 0.29) is 11.9 Å². The van der Waals surface area contributed by atoms with Gasteiger partial charge in [0.2, 0.25) is 0 Å². The molecule has 2 rings (SSSR count). The van der Waals surface area contributed by atoms with E-state index in [2.05, 4.69) is 10.2 Å². The first-order valence-corrected chi connectivity index (χ1v) is 6.69. The molecule has 6 heteroatoms. The van der Waals surface area contributed by atoms with Crippen molar-refractivity contribution in [2.75, 3.05) is 6.54 Å². The van der Waals surface area contributed by atoms with Gasteiger partial charge in [-0.05, 0) is 39.7 Å². The zero-order valence-corrected chi connectivity index (χ0v) is 12.0. The minimum absolute atomic E-state index is 0.201. The Balaban J connectivity index is 2.11. The first-order valence-electron chi connectivity index (χ1n) is 6.69. The standard InChI is InChI=1S/C14H19N3O3/c1-14(2,3)20-13(19)11-5-4-8-17(11)12(18)10-6-7-15-16-9-10/h6-7,9,11H,4-5,8H2,1-3H3/t11-/m1/s1. The summed E-state index contributed by atoms with van der Waals surface area (Å²) in [7, 11) is 0. The van der Waals surface area contributed by atoms with Crippen LogP contribution < -0.4 is 0 Å². The average molecular weight is 277 g/mol. The molecule has 0 unspecified atom stereocenters. The van der Waals surface area contributed by atoms with Crippen LogP contribution in [0.4, 0.5) is 0 Å². The largest absolute Gasteiger partial charge is 0.458 e. The SMILES string of the molecule is CC(C)(C)OC(=O)[C@H]1CCCN1C(=O)c1ccnnc1. The zero-order chi connectivity index (χ0) is 14.8. The smallest absolute Gasteiger partial charge is 0.329 e. The third-order valence-corrected chi connectivity index (χ3v) is 3.02. The molecule has 1 fully saturated rings. The molecule has 1 aliphatic heterocycles. The van der Waals surface area contributed by atoms with Gasteiger partial charge in [-0.1, -0.05) is 0 Å². The van der Waals surface area contributed by atoms with Gasteiger partial charge in [0.1, 0.15) is 11.6 Å². The molecule has 0 bridgehead atoms. The summed E-state index contributed by atoms with van der Waals surface area (Å²) < 4.78 is 5.38. The lowest BCUT2D eigenvalue weighted by molar-refractivity contribution is -0.159. The van der Waals surface area contributed by atoms with E-state index in [0.717, 1.165) is 6.42 Å². The third-order valence-electron chi connectivity index (χ3n) is 3.02. The van der Waals surface area contributed by atoms with Crippen LogP contribution in [-0.2, 0) is 9.53 Å². The highest BCUT2D eigenvalue weighted by molar-refractivity contribution is 5.96. The molecule has 1 saturated heterocycles. The summed E-state index contributed by atoms with van der Waals surface area (Å²) in [5, 5.41) is 7.34. The topological polar surface area (TPSA) is 72.4 Å². The van der Waals surface area contributed by atoms with Crippen LogP contribution in [0.1, 0.15) is 44.0 Å². The van der Waals surface area contributed by atoms with Gasteiger partial charge in [0, 0.05) is 6.54 Å². The van der Waals surface area contributed by atoms with Gasteiger partial charge in [-0.2, -0.15) is 10.2 Å². The van der Waals surface area contributed by atoms with Crippen LogP contribution in [0.15, 0.2) is 18.5 Å². The van der Waals surface area contributed by atoms with Gasteiger partial charge in [-0.15, -0.1) is 0 Å². The second-order valence-electron chi connectivity index (χ2n) is 5.82. The van der Waals surface area contributed by atoms with Crippen molar-refractivity contribution in [1.82, 2.24) is 15.1 Å². The highest BCUT2D eigenvalue weighted by Crippen LogP contribution is 2.22. The number of hydrogen-bond acceptors (Lipinski definition) is 5. The van der Waals surface area contributed by atoms with Crippen molar-refractivity contribution in [1.29, 1.82) is 0 Å². The second-order valence-corrected chi connectivity index (χ2v) is 5.82. The van der Waals surface area contributed by atoms with Gasteiger partial charge in [0.15, 0.2) is 0 Å². The van der Waals surface area contributed by atoms with Crippen LogP contribution in [0, 0.1) is 0 Å². The molecule has 1 aliphatic rings.